The van der Waals surface area contributed by atoms with Gasteiger partial charge in [0.1, 0.15) is 6.33 Å². The Morgan fingerprint density at radius 1 is 1.29 bits per heavy atom. The van der Waals surface area contributed by atoms with E-state index < -0.39 is 0 Å². The van der Waals surface area contributed by atoms with E-state index in [1.807, 2.05) is 0 Å². The van der Waals surface area contributed by atoms with E-state index in [4.69, 9.17) is 11.6 Å². The number of amides is 1. The fourth-order valence-corrected chi connectivity index (χ4v) is 1.42. The summed E-state index contributed by atoms with van der Waals surface area (Å²) in [6, 6.07) is 3.30. The van der Waals surface area contributed by atoms with Gasteiger partial charge in [0.25, 0.3) is 5.91 Å². The van der Waals surface area contributed by atoms with Crippen molar-refractivity contribution < 1.29 is 4.79 Å². The van der Waals surface area contributed by atoms with Crippen LogP contribution in [0.15, 0.2) is 37.1 Å². The molecule has 0 saturated heterocycles. The number of carbonyl (C=O) groups excluding carboxylic acids is 1. The van der Waals surface area contributed by atoms with Gasteiger partial charge in [0.15, 0.2) is 0 Å². The van der Waals surface area contributed by atoms with Gasteiger partial charge in [-0.3, -0.25) is 9.78 Å². The van der Waals surface area contributed by atoms with Crippen LogP contribution in [0.1, 0.15) is 16.1 Å². The summed E-state index contributed by atoms with van der Waals surface area (Å²) < 4.78 is 0. The molecule has 6 heteroatoms. The molecule has 2 aromatic rings. The average molecular weight is 249 g/mol. The molecule has 0 atom stereocenters. The third kappa shape index (κ3) is 2.98. The molecule has 0 aliphatic heterocycles. The quantitative estimate of drug-likeness (QED) is 0.893. The number of pyridine rings is 1. The summed E-state index contributed by atoms with van der Waals surface area (Å²) in [6.45, 7) is 0.326. The van der Waals surface area contributed by atoms with Crippen molar-refractivity contribution in [2.45, 2.75) is 6.54 Å². The van der Waals surface area contributed by atoms with Crippen molar-refractivity contribution in [1.82, 2.24) is 20.3 Å². The zero-order valence-corrected chi connectivity index (χ0v) is 9.55. The fourth-order valence-electron chi connectivity index (χ4n) is 1.23. The number of rotatable bonds is 3. The topological polar surface area (TPSA) is 67.8 Å². The molecule has 1 amide bonds. The minimum Gasteiger partial charge on any atom is -0.346 e. The van der Waals surface area contributed by atoms with E-state index in [9.17, 15) is 4.79 Å². The summed E-state index contributed by atoms with van der Waals surface area (Å²) in [5.74, 6) is -0.276. The average Bonchev–Trinajstić information content (AvgIpc) is 2.38. The minimum atomic E-state index is -0.276. The Hall–Kier alpha value is -2.01. The number of aromatic nitrogens is 3. The second kappa shape index (κ2) is 5.36. The number of hydrogen-bond acceptors (Lipinski definition) is 4. The van der Waals surface area contributed by atoms with Gasteiger partial charge in [-0.25, -0.2) is 9.97 Å². The first-order valence-corrected chi connectivity index (χ1v) is 5.28. The van der Waals surface area contributed by atoms with Crippen molar-refractivity contribution in [3.05, 3.63) is 53.3 Å². The smallest absolute Gasteiger partial charge is 0.254 e. The maximum Gasteiger partial charge on any atom is 0.254 e. The molecule has 2 rings (SSSR count). The van der Waals surface area contributed by atoms with Gasteiger partial charge in [-0.1, -0.05) is 11.6 Å². The summed E-state index contributed by atoms with van der Waals surface area (Å²) in [5, 5.41) is 3.08. The molecule has 0 radical (unpaired) electrons. The molecule has 2 aromatic heterocycles. The zero-order valence-electron chi connectivity index (χ0n) is 8.80. The van der Waals surface area contributed by atoms with Crippen LogP contribution in [0.4, 0.5) is 0 Å². The molecule has 0 saturated carbocycles. The van der Waals surface area contributed by atoms with Crippen molar-refractivity contribution in [1.29, 1.82) is 0 Å². The van der Waals surface area contributed by atoms with Crippen molar-refractivity contribution in [3.63, 3.8) is 0 Å². The molecule has 1 N–H and O–H groups in total. The van der Waals surface area contributed by atoms with Crippen molar-refractivity contribution >= 4 is 17.5 Å². The van der Waals surface area contributed by atoms with Crippen LogP contribution < -0.4 is 5.32 Å². The second-order valence-electron chi connectivity index (χ2n) is 3.24. The Bertz CT molecular complexity index is 518. The van der Waals surface area contributed by atoms with Crippen LogP contribution in [0.3, 0.4) is 0 Å². The zero-order chi connectivity index (χ0) is 12.1. The molecule has 0 spiro atoms. The SMILES string of the molecule is O=C(NCc1ccncn1)c1cnccc1Cl. The van der Waals surface area contributed by atoms with Gasteiger partial charge in [-0.2, -0.15) is 0 Å². The highest BCUT2D eigenvalue weighted by atomic mass is 35.5. The number of nitrogens with one attached hydrogen (secondary N) is 1. The lowest BCUT2D eigenvalue weighted by molar-refractivity contribution is 0.0950. The Balaban J connectivity index is 2.01. The van der Waals surface area contributed by atoms with Crippen molar-refractivity contribution in [2.75, 3.05) is 0 Å². The van der Waals surface area contributed by atoms with Gasteiger partial charge in [0, 0.05) is 18.6 Å². The molecule has 86 valence electrons. The largest absolute Gasteiger partial charge is 0.346 e. The molecule has 0 fully saturated rings. The third-order valence-corrected chi connectivity index (χ3v) is 2.42. The first-order valence-electron chi connectivity index (χ1n) is 4.90. The molecule has 2 heterocycles. The van der Waals surface area contributed by atoms with E-state index in [1.165, 1.54) is 18.7 Å². The maximum atomic E-state index is 11.8. The molecule has 0 aromatic carbocycles. The van der Waals surface area contributed by atoms with Crippen LogP contribution in [0.25, 0.3) is 0 Å². The van der Waals surface area contributed by atoms with Gasteiger partial charge < -0.3 is 5.32 Å². The fraction of sp³-hybridized carbons (Fsp3) is 0.0909. The number of hydrogen-bond donors (Lipinski definition) is 1. The highest BCUT2D eigenvalue weighted by Crippen LogP contribution is 2.12. The highest BCUT2D eigenvalue weighted by molar-refractivity contribution is 6.33. The monoisotopic (exact) mass is 248 g/mol. The molecule has 17 heavy (non-hydrogen) atoms. The number of halogens is 1. The van der Waals surface area contributed by atoms with E-state index in [1.54, 1.807) is 18.3 Å². The Morgan fingerprint density at radius 3 is 2.82 bits per heavy atom. The van der Waals surface area contributed by atoms with Gasteiger partial charge >= 0.3 is 0 Å². The van der Waals surface area contributed by atoms with E-state index in [2.05, 4.69) is 20.3 Å². The van der Waals surface area contributed by atoms with Crippen LogP contribution in [0.2, 0.25) is 5.02 Å². The van der Waals surface area contributed by atoms with Crippen LogP contribution in [-0.4, -0.2) is 20.9 Å². The lowest BCUT2D eigenvalue weighted by Crippen LogP contribution is -2.23. The molecule has 5 nitrogen and oxygen atoms in total. The molecular formula is C11H9ClN4O. The summed E-state index contributed by atoms with van der Waals surface area (Å²) in [6.07, 6.45) is 6.01. The predicted molar refractivity (Wildman–Crippen MR) is 62.4 cm³/mol. The third-order valence-electron chi connectivity index (χ3n) is 2.09. The number of carbonyl (C=O) groups is 1. The maximum absolute atomic E-state index is 11.8. The van der Waals surface area contributed by atoms with Crippen LogP contribution in [-0.2, 0) is 6.54 Å². The van der Waals surface area contributed by atoms with Crippen LogP contribution in [0.5, 0.6) is 0 Å². The Kier molecular flexibility index (Phi) is 3.62. The standard InChI is InChI=1S/C11H9ClN4O/c12-10-2-4-13-6-9(10)11(17)15-5-8-1-3-14-7-16-8/h1-4,6-7H,5H2,(H,15,17). The van der Waals surface area contributed by atoms with Crippen LogP contribution >= 0.6 is 11.6 Å². The lowest BCUT2D eigenvalue weighted by atomic mass is 10.2. The summed E-state index contributed by atoms with van der Waals surface area (Å²) in [4.78, 5) is 23.4. The van der Waals surface area contributed by atoms with Crippen molar-refractivity contribution in [2.24, 2.45) is 0 Å². The Morgan fingerprint density at radius 2 is 2.12 bits per heavy atom. The van der Waals surface area contributed by atoms with E-state index in [0.717, 1.165) is 5.69 Å². The summed E-state index contributed by atoms with van der Waals surface area (Å²) in [7, 11) is 0. The van der Waals surface area contributed by atoms with Gasteiger partial charge in [0.05, 0.1) is 22.8 Å². The number of nitrogens with zero attached hydrogens (tertiary/aromatic N) is 3. The van der Waals surface area contributed by atoms with E-state index in [0.29, 0.717) is 17.1 Å². The molecule has 0 unspecified atom stereocenters. The first kappa shape index (κ1) is 11.5. The summed E-state index contributed by atoms with van der Waals surface area (Å²) in [5.41, 5.74) is 1.08. The summed E-state index contributed by atoms with van der Waals surface area (Å²) >= 11 is 5.87. The predicted octanol–water partition coefficient (Wildman–Crippen LogP) is 1.46. The van der Waals surface area contributed by atoms with Crippen LogP contribution in [0, 0.1) is 0 Å². The van der Waals surface area contributed by atoms with Gasteiger partial charge in [-0.05, 0) is 12.1 Å². The highest BCUT2D eigenvalue weighted by Gasteiger charge is 2.09. The lowest BCUT2D eigenvalue weighted by Gasteiger charge is -2.05. The molecule has 0 aliphatic carbocycles. The minimum absolute atomic E-state index is 0.276. The molecule has 0 aliphatic rings. The molecule has 0 bridgehead atoms. The van der Waals surface area contributed by atoms with Gasteiger partial charge in [-0.15, -0.1) is 0 Å². The first-order chi connectivity index (χ1) is 8.27. The van der Waals surface area contributed by atoms with Gasteiger partial charge in [0.2, 0.25) is 0 Å². The normalized spacial score (nSPS) is 9.94. The van der Waals surface area contributed by atoms with E-state index >= 15 is 0 Å². The second-order valence-corrected chi connectivity index (χ2v) is 3.65. The van der Waals surface area contributed by atoms with Crippen molar-refractivity contribution in [3.8, 4) is 0 Å². The molecular weight excluding hydrogens is 240 g/mol. The van der Waals surface area contributed by atoms with E-state index in [-0.39, 0.29) is 5.91 Å². The Labute approximate surface area is 103 Å².